The van der Waals surface area contributed by atoms with Crippen molar-refractivity contribution in [3.05, 3.63) is 34.4 Å². The van der Waals surface area contributed by atoms with E-state index in [9.17, 15) is 14.4 Å². The standard InChI is InChI=1S/C11H10O6/c1-5-7(9(12)13)3-6(11(16)17-2)4-8(5)10(14)15/h3-4H,1-2H3,(H,12,13)(H,14,15). The molecule has 1 aromatic carbocycles. The molecule has 0 fully saturated rings. The van der Waals surface area contributed by atoms with Gasteiger partial charge in [0.05, 0.1) is 23.8 Å². The Balaban J connectivity index is 3.52. The zero-order chi connectivity index (χ0) is 13.2. The molecule has 0 atom stereocenters. The number of aromatic carboxylic acids is 2. The predicted molar refractivity (Wildman–Crippen MR) is 56.4 cm³/mol. The fourth-order valence-corrected chi connectivity index (χ4v) is 1.39. The van der Waals surface area contributed by atoms with Gasteiger partial charge in [-0.15, -0.1) is 0 Å². The van der Waals surface area contributed by atoms with E-state index < -0.39 is 17.9 Å². The second-order valence-corrected chi connectivity index (χ2v) is 3.30. The van der Waals surface area contributed by atoms with Crippen LogP contribution in [0.3, 0.4) is 0 Å². The van der Waals surface area contributed by atoms with Crippen LogP contribution in [0.5, 0.6) is 0 Å². The monoisotopic (exact) mass is 238 g/mol. The molecular weight excluding hydrogens is 228 g/mol. The highest BCUT2D eigenvalue weighted by molar-refractivity contribution is 6.01. The summed E-state index contributed by atoms with van der Waals surface area (Å²) in [6, 6.07) is 2.19. The third-order valence-electron chi connectivity index (χ3n) is 2.29. The first-order valence-electron chi connectivity index (χ1n) is 4.58. The van der Waals surface area contributed by atoms with Gasteiger partial charge < -0.3 is 14.9 Å². The highest BCUT2D eigenvalue weighted by Crippen LogP contribution is 2.18. The number of carbonyl (C=O) groups excluding carboxylic acids is 1. The Bertz CT molecular complexity index is 468. The SMILES string of the molecule is COC(=O)c1cc(C(=O)O)c(C)c(C(=O)O)c1. The normalized spacial score (nSPS) is 9.76. The molecule has 0 saturated carbocycles. The van der Waals surface area contributed by atoms with Gasteiger partial charge in [-0.05, 0) is 24.6 Å². The summed E-state index contributed by atoms with van der Waals surface area (Å²) in [5.41, 5.74) is -0.471. The summed E-state index contributed by atoms with van der Waals surface area (Å²) in [4.78, 5) is 33.1. The third-order valence-corrected chi connectivity index (χ3v) is 2.29. The summed E-state index contributed by atoms with van der Waals surface area (Å²) in [6.07, 6.45) is 0. The first-order valence-corrected chi connectivity index (χ1v) is 4.58. The molecule has 17 heavy (non-hydrogen) atoms. The van der Waals surface area contributed by atoms with Crippen molar-refractivity contribution < 1.29 is 29.3 Å². The Morgan fingerprint density at radius 2 is 1.47 bits per heavy atom. The van der Waals surface area contributed by atoms with Gasteiger partial charge in [0.1, 0.15) is 0 Å². The lowest BCUT2D eigenvalue weighted by atomic mass is 9.98. The van der Waals surface area contributed by atoms with Crippen LogP contribution in [-0.4, -0.2) is 35.2 Å². The van der Waals surface area contributed by atoms with Gasteiger partial charge in [0, 0.05) is 0 Å². The maximum absolute atomic E-state index is 11.3. The number of carboxylic acids is 2. The molecule has 0 unspecified atom stereocenters. The second-order valence-electron chi connectivity index (χ2n) is 3.30. The van der Waals surface area contributed by atoms with Crippen molar-refractivity contribution in [3.63, 3.8) is 0 Å². The van der Waals surface area contributed by atoms with E-state index in [1.807, 2.05) is 0 Å². The van der Waals surface area contributed by atoms with E-state index in [0.29, 0.717) is 0 Å². The van der Waals surface area contributed by atoms with E-state index in [1.54, 1.807) is 0 Å². The van der Waals surface area contributed by atoms with Crippen molar-refractivity contribution in [1.29, 1.82) is 0 Å². The van der Waals surface area contributed by atoms with E-state index in [0.717, 1.165) is 19.2 Å². The highest BCUT2D eigenvalue weighted by Gasteiger charge is 2.19. The Labute approximate surface area is 96.4 Å². The average Bonchev–Trinajstić information content (AvgIpc) is 2.27. The van der Waals surface area contributed by atoms with Crippen molar-refractivity contribution in [2.24, 2.45) is 0 Å². The largest absolute Gasteiger partial charge is 0.478 e. The van der Waals surface area contributed by atoms with Crippen LogP contribution in [-0.2, 0) is 4.74 Å². The number of carboxylic acid groups (broad SMARTS) is 2. The predicted octanol–water partition coefficient (Wildman–Crippen LogP) is 1.18. The number of hydrogen-bond acceptors (Lipinski definition) is 4. The smallest absolute Gasteiger partial charge is 0.337 e. The van der Waals surface area contributed by atoms with Crippen molar-refractivity contribution >= 4 is 17.9 Å². The molecule has 0 aliphatic rings. The minimum atomic E-state index is -1.30. The molecule has 6 heteroatoms. The van der Waals surface area contributed by atoms with Crippen LogP contribution in [0.1, 0.15) is 36.6 Å². The molecule has 0 aliphatic heterocycles. The molecule has 0 heterocycles. The van der Waals surface area contributed by atoms with Gasteiger partial charge in [-0.25, -0.2) is 14.4 Å². The van der Waals surface area contributed by atoms with Crippen LogP contribution in [0.25, 0.3) is 0 Å². The maximum Gasteiger partial charge on any atom is 0.337 e. The molecule has 90 valence electrons. The number of esters is 1. The fraction of sp³-hybridized carbons (Fsp3) is 0.182. The molecule has 0 spiro atoms. The molecule has 0 radical (unpaired) electrons. The van der Waals surface area contributed by atoms with Gasteiger partial charge in [0.25, 0.3) is 0 Å². The molecular formula is C11H10O6. The van der Waals surface area contributed by atoms with Crippen LogP contribution in [0, 0.1) is 6.92 Å². The molecule has 0 aliphatic carbocycles. The van der Waals surface area contributed by atoms with Gasteiger partial charge in [-0.2, -0.15) is 0 Å². The van der Waals surface area contributed by atoms with E-state index in [2.05, 4.69) is 4.74 Å². The summed E-state index contributed by atoms with van der Waals surface area (Å²) in [7, 11) is 1.13. The van der Waals surface area contributed by atoms with Gasteiger partial charge in [-0.1, -0.05) is 0 Å². The molecule has 1 aromatic rings. The second kappa shape index (κ2) is 4.65. The van der Waals surface area contributed by atoms with Crippen molar-refractivity contribution in [2.45, 2.75) is 6.92 Å². The van der Waals surface area contributed by atoms with E-state index in [-0.39, 0.29) is 22.3 Å². The first-order chi connectivity index (χ1) is 7.88. The molecule has 0 saturated heterocycles. The van der Waals surface area contributed by atoms with E-state index in [4.69, 9.17) is 10.2 Å². The highest BCUT2D eigenvalue weighted by atomic mass is 16.5. The lowest BCUT2D eigenvalue weighted by Crippen LogP contribution is -2.11. The quantitative estimate of drug-likeness (QED) is 0.766. The number of hydrogen-bond donors (Lipinski definition) is 2. The van der Waals surface area contributed by atoms with Crippen LogP contribution in [0.15, 0.2) is 12.1 Å². The Hall–Kier alpha value is -2.37. The van der Waals surface area contributed by atoms with Gasteiger partial charge >= 0.3 is 17.9 Å². The van der Waals surface area contributed by atoms with Crippen LogP contribution in [0.2, 0.25) is 0 Å². The zero-order valence-electron chi connectivity index (χ0n) is 9.18. The summed E-state index contributed by atoms with van der Waals surface area (Å²) >= 11 is 0. The lowest BCUT2D eigenvalue weighted by molar-refractivity contribution is 0.0600. The summed E-state index contributed by atoms with van der Waals surface area (Å²) in [5, 5.41) is 17.8. The molecule has 0 aromatic heterocycles. The van der Waals surface area contributed by atoms with Crippen molar-refractivity contribution in [3.8, 4) is 0 Å². The van der Waals surface area contributed by atoms with E-state index in [1.165, 1.54) is 6.92 Å². The van der Waals surface area contributed by atoms with Crippen molar-refractivity contribution in [1.82, 2.24) is 0 Å². The molecule has 1 rings (SSSR count). The lowest BCUT2D eigenvalue weighted by Gasteiger charge is -2.08. The van der Waals surface area contributed by atoms with Gasteiger partial charge in [-0.3, -0.25) is 0 Å². The first kappa shape index (κ1) is 12.7. The number of methoxy groups -OCH3 is 1. The molecule has 0 bridgehead atoms. The molecule has 0 amide bonds. The van der Waals surface area contributed by atoms with Gasteiger partial charge in [0.2, 0.25) is 0 Å². The fourth-order valence-electron chi connectivity index (χ4n) is 1.39. The summed E-state index contributed by atoms with van der Waals surface area (Å²) < 4.78 is 4.42. The Morgan fingerprint density at radius 3 is 1.76 bits per heavy atom. The van der Waals surface area contributed by atoms with E-state index >= 15 is 0 Å². The minimum Gasteiger partial charge on any atom is -0.478 e. The average molecular weight is 238 g/mol. The van der Waals surface area contributed by atoms with Crippen molar-refractivity contribution in [2.75, 3.05) is 7.11 Å². The Kier molecular flexibility index (Phi) is 3.47. The number of benzene rings is 1. The number of rotatable bonds is 3. The number of ether oxygens (including phenoxy) is 1. The zero-order valence-corrected chi connectivity index (χ0v) is 9.18. The van der Waals surface area contributed by atoms with Crippen LogP contribution >= 0.6 is 0 Å². The minimum absolute atomic E-state index is 0.0950. The topological polar surface area (TPSA) is 101 Å². The van der Waals surface area contributed by atoms with Crippen LogP contribution in [0.4, 0.5) is 0 Å². The maximum atomic E-state index is 11.3. The summed E-state index contributed by atoms with van der Waals surface area (Å²) in [5.74, 6) is -3.37. The molecule has 2 N–H and O–H groups in total. The van der Waals surface area contributed by atoms with Crippen LogP contribution < -0.4 is 0 Å². The summed E-state index contributed by atoms with van der Waals surface area (Å²) in [6.45, 7) is 1.37. The Morgan fingerprint density at radius 1 is 1.06 bits per heavy atom. The number of carbonyl (C=O) groups is 3. The third kappa shape index (κ3) is 2.41. The molecule has 6 nitrogen and oxygen atoms in total. The van der Waals surface area contributed by atoms with Gasteiger partial charge in [0.15, 0.2) is 0 Å².